The highest BCUT2D eigenvalue weighted by atomic mass is 32.2. The summed E-state index contributed by atoms with van der Waals surface area (Å²) in [5.74, 6) is 0.938. The van der Waals surface area contributed by atoms with Crippen LogP contribution >= 0.6 is 0 Å². The molecule has 102 valence electrons. The number of hydrogen-bond donors (Lipinski definition) is 1. The summed E-state index contributed by atoms with van der Waals surface area (Å²) in [6.45, 7) is 0. The van der Waals surface area contributed by atoms with E-state index in [2.05, 4.69) is 5.10 Å². The Morgan fingerprint density at radius 2 is 2.00 bits per heavy atom. The first-order valence-corrected chi connectivity index (χ1v) is 7.39. The van der Waals surface area contributed by atoms with Crippen molar-refractivity contribution >= 4 is 15.7 Å². The van der Waals surface area contributed by atoms with Crippen LogP contribution < -0.4 is 10.5 Å². The smallest absolute Gasteiger partial charge is 0.175 e. The van der Waals surface area contributed by atoms with Crippen molar-refractivity contribution in [2.24, 2.45) is 7.05 Å². The Kier molecular flexibility index (Phi) is 3.23. The normalized spacial score (nSPS) is 11.5. The molecule has 0 saturated heterocycles. The molecule has 0 aliphatic rings. The fourth-order valence-corrected chi connectivity index (χ4v) is 2.42. The highest BCUT2D eigenvalue weighted by Gasteiger charge is 2.16. The molecule has 0 radical (unpaired) electrons. The third-order valence-electron chi connectivity index (χ3n) is 2.88. The zero-order valence-corrected chi connectivity index (χ0v) is 11.7. The maximum Gasteiger partial charge on any atom is 0.175 e. The molecule has 0 fully saturated rings. The van der Waals surface area contributed by atoms with Crippen LogP contribution in [0, 0.1) is 0 Å². The number of benzene rings is 1. The summed E-state index contributed by atoms with van der Waals surface area (Å²) in [6.07, 6.45) is 2.77. The van der Waals surface area contributed by atoms with Crippen LogP contribution in [0.1, 0.15) is 0 Å². The van der Waals surface area contributed by atoms with E-state index in [0.717, 1.165) is 6.26 Å². The number of hydrogen-bond acceptors (Lipinski definition) is 5. The molecule has 0 bridgehead atoms. The monoisotopic (exact) mass is 281 g/mol. The minimum Gasteiger partial charge on any atom is -0.496 e. The first kappa shape index (κ1) is 13.4. The number of rotatable bonds is 3. The fraction of sp³-hybridized carbons (Fsp3) is 0.250. The zero-order chi connectivity index (χ0) is 14.2. The molecule has 1 heterocycles. The largest absolute Gasteiger partial charge is 0.496 e. The van der Waals surface area contributed by atoms with Crippen LogP contribution in [0.2, 0.25) is 0 Å². The molecule has 0 amide bonds. The number of methoxy groups -OCH3 is 1. The third kappa shape index (κ3) is 2.41. The second kappa shape index (κ2) is 4.58. The summed E-state index contributed by atoms with van der Waals surface area (Å²) in [6, 6.07) is 4.68. The number of aryl methyl sites for hydroxylation is 1. The van der Waals surface area contributed by atoms with Crippen molar-refractivity contribution in [2.75, 3.05) is 19.1 Å². The number of ether oxygens (including phenoxy) is 1. The summed E-state index contributed by atoms with van der Waals surface area (Å²) in [4.78, 5) is 0.204. The van der Waals surface area contributed by atoms with Crippen LogP contribution in [0.25, 0.3) is 11.1 Å². The predicted octanol–water partition coefficient (Wildman–Crippen LogP) is 1.08. The SMILES string of the molecule is COc1cc(S(C)(=O)=O)ccc1-c1cnn(C)c1N. The quantitative estimate of drug-likeness (QED) is 0.909. The number of aromatic nitrogens is 2. The van der Waals surface area contributed by atoms with Crippen molar-refractivity contribution in [1.82, 2.24) is 9.78 Å². The van der Waals surface area contributed by atoms with E-state index in [1.807, 2.05) is 0 Å². The molecule has 0 spiro atoms. The van der Waals surface area contributed by atoms with Crippen LogP contribution in [-0.4, -0.2) is 31.6 Å². The maximum atomic E-state index is 11.5. The van der Waals surface area contributed by atoms with Gasteiger partial charge in [-0.15, -0.1) is 0 Å². The maximum absolute atomic E-state index is 11.5. The molecule has 7 heteroatoms. The molecule has 1 aromatic heterocycles. The number of sulfone groups is 1. The Hall–Kier alpha value is -2.02. The minimum atomic E-state index is -3.27. The van der Waals surface area contributed by atoms with E-state index in [0.29, 0.717) is 22.7 Å². The van der Waals surface area contributed by atoms with Crippen LogP contribution in [0.4, 0.5) is 5.82 Å². The van der Waals surface area contributed by atoms with E-state index < -0.39 is 9.84 Å². The lowest BCUT2D eigenvalue weighted by Gasteiger charge is -2.09. The van der Waals surface area contributed by atoms with Gasteiger partial charge in [0, 0.05) is 24.4 Å². The van der Waals surface area contributed by atoms with E-state index in [1.165, 1.54) is 19.2 Å². The Bertz CT molecular complexity index is 720. The van der Waals surface area contributed by atoms with Crippen LogP contribution in [-0.2, 0) is 16.9 Å². The number of nitrogens with two attached hydrogens (primary N) is 1. The molecule has 6 nitrogen and oxygen atoms in total. The number of nitrogen functional groups attached to an aromatic ring is 1. The van der Waals surface area contributed by atoms with Gasteiger partial charge in [0.15, 0.2) is 9.84 Å². The van der Waals surface area contributed by atoms with Gasteiger partial charge in [-0.3, -0.25) is 4.68 Å². The highest BCUT2D eigenvalue weighted by Crippen LogP contribution is 2.34. The van der Waals surface area contributed by atoms with Gasteiger partial charge in [-0.1, -0.05) is 0 Å². The third-order valence-corrected chi connectivity index (χ3v) is 3.99. The zero-order valence-electron chi connectivity index (χ0n) is 10.9. The Balaban J connectivity index is 2.63. The lowest BCUT2D eigenvalue weighted by Crippen LogP contribution is -2.00. The van der Waals surface area contributed by atoms with Gasteiger partial charge in [-0.25, -0.2) is 8.42 Å². The molecule has 19 heavy (non-hydrogen) atoms. The molecule has 0 atom stereocenters. The van der Waals surface area contributed by atoms with E-state index in [1.54, 1.807) is 24.0 Å². The van der Waals surface area contributed by atoms with Gasteiger partial charge >= 0.3 is 0 Å². The van der Waals surface area contributed by atoms with Gasteiger partial charge in [0.1, 0.15) is 11.6 Å². The Labute approximate surface area is 111 Å². The highest BCUT2D eigenvalue weighted by molar-refractivity contribution is 7.90. The summed E-state index contributed by atoms with van der Waals surface area (Å²) < 4.78 is 29.8. The molecule has 2 rings (SSSR count). The average molecular weight is 281 g/mol. The van der Waals surface area contributed by atoms with Gasteiger partial charge < -0.3 is 10.5 Å². The lowest BCUT2D eigenvalue weighted by molar-refractivity contribution is 0.415. The van der Waals surface area contributed by atoms with Crippen molar-refractivity contribution in [3.63, 3.8) is 0 Å². The van der Waals surface area contributed by atoms with Crippen molar-refractivity contribution in [3.8, 4) is 16.9 Å². The Morgan fingerprint density at radius 3 is 2.47 bits per heavy atom. The van der Waals surface area contributed by atoms with Crippen molar-refractivity contribution < 1.29 is 13.2 Å². The van der Waals surface area contributed by atoms with Gasteiger partial charge in [0.2, 0.25) is 0 Å². The first-order valence-electron chi connectivity index (χ1n) is 5.50. The second-order valence-electron chi connectivity index (χ2n) is 4.20. The van der Waals surface area contributed by atoms with Crippen molar-refractivity contribution in [3.05, 3.63) is 24.4 Å². The van der Waals surface area contributed by atoms with Gasteiger partial charge in [-0.2, -0.15) is 5.10 Å². The molecule has 1 aromatic carbocycles. The summed E-state index contributed by atoms with van der Waals surface area (Å²) in [5.41, 5.74) is 7.33. The van der Waals surface area contributed by atoms with Crippen LogP contribution in [0.5, 0.6) is 5.75 Å². The summed E-state index contributed by atoms with van der Waals surface area (Å²) >= 11 is 0. The van der Waals surface area contributed by atoms with Crippen molar-refractivity contribution in [2.45, 2.75) is 4.90 Å². The predicted molar refractivity (Wildman–Crippen MR) is 72.7 cm³/mol. The minimum absolute atomic E-state index is 0.204. The first-order chi connectivity index (χ1) is 8.84. The standard InChI is InChI=1S/C12H15N3O3S/c1-15-12(13)10(7-14-15)9-5-4-8(19(3,16)17)6-11(9)18-2/h4-7H,13H2,1-3H3. The summed E-state index contributed by atoms with van der Waals surface area (Å²) in [5, 5.41) is 4.06. The average Bonchev–Trinajstić information content (AvgIpc) is 2.68. The van der Waals surface area contributed by atoms with Gasteiger partial charge in [0.25, 0.3) is 0 Å². The number of nitrogens with zero attached hydrogens (tertiary/aromatic N) is 2. The molecule has 2 N–H and O–H groups in total. The number of anilines is 1. The van der Waals surface area contributed by atoms with E-state index in [4.69, 9.17) is 10.5 Å². The molecule has 0 saturated carbocycles. The lowest BCUT2D eigenvalue weighted by atomic mass is 10.1. The molecule has 0 unspecified atom stereocenters. The van der Waals surface area contributed by atoms with E-state index >= 15 is 0 Å². The fourth-order valence-electron chi connectivity index (χ4n) is 1.78. The second-order valence-corrected chi connectivity index (χ2v) is 6.22. The van der Waals surface area contributed by atoms with E-state index in [9.17, 15) is 8.42 Å². The molecule has 0 aliphatic heterocycles. The topological polar surface area (TPSA) is 87.2 Å². The molecule has 0 aliphatic carbocycles. The van der Waals surface area contributed by atoms with Crippen molar-refractivity contribution in [1.29, 1.82) is 0 Å². The van der Waals surface area contributed by atoms with E-state index in [-0.39, 0.29) is 4.90 Å². The summed E-state index contributed by atoms with van der Waals surface area (Å²) in [7, 11) is -0.0555. The molecular formula is C12H15N3O3S. The van der Waals surface area contributed by atoms with Gasteiger partial charge in [0.05, 0.1) is 18.2 Å². The van der Waals surface area contributed by atoms with Crippen LogP contribution in [0.3, 0.4) is 0 Å². The van der Waals surface area contributed by atoms with Gasteiger partial charge in [-0.05, 0) is 18.2 Å². The Morgan fingerprint density at radius 1 is 1.32 bits per heavy atom. The van der Waals surface area contributed by atoms with Crippen LogP contribution in [0.15, 0.2) is 29.3 Å². The molecular weight excluding hydrogens is 266 g/mol. The molecule has 2 aromatic rings.